The predicted molar refractivity (Wildman–Crippen MR) is 81.9 cm³/mol. The number of aliphatic hydroxyl groups is 1. The summed E-state index contributed by atoms with van der Waals surface area (Å²) in [5.74, 6) is -0.104. The Kier molecular flexibility index (Phi) is 4.04. The molecule has 2 aromatic rings. The molecule has 102 valence electrons. The minimum Gasteiger partial charge on any atom is -0.507 e. The summed E-state index contributed by atoms with van der Waals surface area (Å²) < 4.78 is 0. The van der Waals surface area contributed by atoms with E-state index in [-0.39, 0.29) is 11.5 Å². The van der Waals surface area contributed by atoms with Gasteiger partial charge in [-0.1, -0.05) is 47.5 Å². The first-order valence-corrected chi connectivity index (χ1v) is 6.57. The highest BCUT2D eigenvalue weighted by Crippen LogP contribution is 2.20. The van der Waals surface area contributed by atoms with Gasteiger partial charge in [-0.05, 0) is 32.9 Å². The van der Waals surface area contributed by atoms with Crippen molar-refractivity contribution in [2.75, 3.05) is 0 Å². The topological polar surface area (TPSA) is 37.3 Å². The molecule has 0 amide bonds. The Morgan fingerprint density at radius 1 is 0.900 bits per heavy atom. The molecule has 0 atom stereocenters. The van der Waals surface area contributed by atoms with Gasteiger partial charge in [0.1, 0.15) is 5.76 Å². The zero-order valence-electron chi connectivity index (χ0n) is 12.0. The van der Waals surface area contributed by atoms with Crippen LogP contribution in [0.15, 0.2) is 54.1 Å². The van der Waals surface area contributed by atoms with Crippen LogP contribution in [0.25, 0.3) is 5.76 Å². The molecular weight excluding hydrogens is 248 g/mol. The van der Waals surface area contributed by atoms with Gasteiger partial charge in [0, 0.05) is 16.7 Å². The van der Waals surface area contributed by atoms with E-state index in [4.69, 9.17) is 0 Å². The van der Waals surface area contributed by atoms with Crippen molar-refractivity contribution in [3.05, 3.63) is 76.4 Å². The second-order valence-corrected chi connectivity index (χ2v) is 5.04. The normalized spacial score (nSPS) is 11.9. The van der Waals surface area contributed by atoms with E-state index >= 15 is 0 Å². The van der Waals surface area contributed by atoms with Crippen molar-refractivity contribution < 1.29 is 9.90 Å². The Labute approximate surface area is 119 Å². The van der Waals surface area contributed by atoms with Crippen molar-refractivity contribution >= 4 is 11.5 Å². The minimum absolute atomic E-state index is 0.0419. The highest BCUT2D eigenvalue weighted by atomic mass is 16.3. The van der Waals surface area contributed by atoms with E-state index in [9.17, 15) is 9.90 Å². The number of carbonyl (C=O) groups is 1. The first-order chi connectivity index (χ1) is 9.49. The summed E-state index contributed by atoms with van der Waals surface area (Å²) in [5, 5.41) is 10.3. The van der Waals surface area contributed by atoms with E-state index in [0.29, 0.717) is 16.7 Å². The molecule has 2 heteroatoms. The second kappa shape index (κ2) is 5.74. The van der Waals surface area contributed by atoms with Crippen molar-refractivity contribution in [1.29, 1.82) is 0 Å². The Morgan fingerprint density at radius 2 is 1.40 bits per heavy atom. The highest BCUT2D eigenvalue weighted by Gasteiger charge is 2.14. The third kappa shape index (κ3) is 2.97. The largest absolute Gasteiger partial charge is 0.507 e. The maximum absolute atomic E-state index is 12.4. The van der Waals surface area contributed by atoms with Crippen molar-refractivity contribution in [3.8, 4) is 0 Å². The number of hydrogen-bond acceptors (Lipinski definition) is 2. The molecule has 0 unspecified atom stereocenters. The highest BCUT2D eigenvalue weighted by molar-refractivity contribution is 6.12. The fraction of sp³-hybridized carbons (Fsp3) is 0.167. The Balaban J connectivity index is 2.41. The van der Waals surface area contributed by atoms with Gasteiger partial charge < -0.3 is 5.11 Å². The van der Waals surface area contributed by atoms with Crippen LogP contribution in [-0.4, -0.2) is 10.9 Å². The van der Waals surface area contributed by atoms with Crippen LogP contribution in [0.2, 0.25) is 0 Å². The molecule has 0 aliphatic heterocycles. The van der Waals surface area contributed by atoms with Gasteiger partial charge in [-0.2, -0.15) is 0 Å². The molecule has 20 heavy (non-hydrogen) atoms. The van der Waals surface area contributed by atoms with Crippen LogP contribution in [0.1, 0.15) is 34.0 Å². The maximum Gasteiger partial charge on any atom is 0.192 e. The summed E-state index contributed by atoms with van der Waals surface area (Å²) in [7, 11) is 0. The average molecular weight is 266 g/mol. The summed E-state index contributed by atoms with van der Waals surface area (Å²) in [6, 6.07) is 14.9. The van der Waals surface area contributed by atoms with Crippen LogP contribution >= 0.6 is 0 Å². The number of ketones is 1. The van der Waals surface area contributed by atoms with Crippen molar-refractivity contribution in [2.45, 2.75) is 20.8 Å². The van der Waals surface area contributed by atoms with Gasteiger partial charge in [0.2, 0.25) is 0 Å². The van der Waals surface area contributed by atoms with Gasteiger partial charge >= 0.3 is 0 Å². The predicted octanol–water partition coefficient (Wildman–Crippen LogP) is 4.48. The number of aliphatic hydroxyl groups excluding tert-OH is 1. The number of carbonyl (C=O) groups excluding carboxylic acids is 1. The number of allylic oxidation sites excluding steroid dienone is 1. The summed E-state index contributed by atoms with van der Waals surface area (Å²) in [5.41, 5.74) is 3.70. The number of rotatable bonds is 3. The molecule has 0 saturated heterocycles. The molecular formula is C18H18O2. The monoisotopic (exact) mass is 266 g/mol. The number of aryl methyl sites for hydroxylation is 2. The Morgan fingerprint density at radius 3 is 1.95 bits per heavy atom. The van der Waals surface area contributed by atoms with E-state index in [1.165, 1.54) is 0 Å². The summed E-state index contributed by atoms with van der Waals surface area (Å²) >= 11 is 0. The molecule has 0 heterocycles. The molecule has 0 radical (unpaired) electrons. The molecule has 0 spiro atoms. The Hall–Kier alpha value is -2.35. The van der Waals surface area contributed by atoms with Crippen LogP contribution in [-0.2, 0) is 0 Å². The number of hydrogen-bond donors (Lipinski definition) is 1. The van der Waals surface area contributed by atoms with Crippen molar-refractivity contribution in [3.63, 3.8) is 0 Å². The summed E-state index contributed by atoms with van der Waals surface area (Å²) in [4.78, 5) is 12.4. The SMILES string of the molecule is CC(C(=O)c1cccc(C)c1)=C(O)c1cccc(C)c1. The molecule has 0 fully saturated rings. The van der Waals surface area contributed by atoms with Gasteiger partial charge in [-0.25, -0.2) is 0 Å². The maximum atomic E-state index is 12.4. The minimum atomic E-state index is -0.146. The van der Waals surface area contributed by atoms with Crippen LogP contribution < -0.4 is 0 Å². The molecule has 2 aromatic carbocycles. The number of Topliss-reactive ketones (excluding diaryl/α,β-unsaturated/α-hetero) is 1. The molecule has 1 N–H and O–H groups in total. The van der Waals surface area contributed by atoms with Gasteiger partial charge in [0.25, 0.3) is 0 Å². The van der Waals surface area contributed by atoms with Crippen LogP contribution in [0.4, 0.5) is 0 Å². The first kappa shape index (κ1) is 14.1. The molecule has 0 aromatic heterocycles. The zero-order valence-corrected chi connectivity index (χ0v) is 12.0. The molecule has 2 rings (SSSR count). The smallest absolute Gasteiger partial charge is 0.192 e. The second-order valence-electron chi connectivity index (χ2n) is 5.04. The molecule has 0 saturated carbocycles. The third-order valence-electron chi connectivity index (χ3n) is 3.27. The molecule has 2 nitrogen and oxygen atoms in total. The number of benzene rings is 2. The fourth-order valence-corrected chi connectivity index (χ4v) is 2.12. The fourth-order valence-electron chi connectivity index (χ4n) is 2.12. The van der Waals surface area contributed by atoms with Crippen LogP contribution in [0.5, 0.6) is 0 Å². The average Bonchev–Trinajstić information content (AvgIpc) is 2.45. The third-order valence-corrected chi connectivity index (χ3v) is 3.27. The van der Waals surface area contributed by atoms with Crippen molar-refractivity contribution in [2.24, 2.45) is 0 Å². The quantitative estimate of drug-likeness (QED) is 0.505. The van der Waals surface area contributed by atoms with E-state index in [0.717, 1.165) is 11.1 Å². The van der Waals surface area contributed by atoms with Gasteiger partial charge in [0.05, 0.1) is 0 Å². The standard InChI is InChI=1S/C18H18O2/c1-12-6-4-8-15(10-12)17(19)14(3)18(20)16-9-5-7-13(2)11-16/h4-11,19H,1-3H3. The lowest BCUT2D eigenvalue weighted by Crippen LogP contribution is -2.04. The Bertz CT molecular complexity index is 681. The van der Waals surface area contributed by atoms with Gasteiger partial charge in [-0.3, -0.25) is 4.79 Å². The molecule has 0 aliphatic carbocycles. The van der Waals surface area contributed by atoms with E-state index < -0.39 is 0 Å². The molecule has 0 bridgehead atoms. The van der Waals surface area contributed by atoms with Crippen molar-refractivity contribution in [1.82, 2.24) is 0 Å². The lowest BCUT2D eigenvalue weighted by atomic mass is 9.99. The molecule has 0 aliphatic rings. The summed E-state index contributed by atoms with van der Waals surface area (Å²) in [6.07, 6.45) is 0. The first-order valence-electron chi connectivity index (χ1n) is 6.57. The lowest BCUT2D eigenvalue weighted by Gasteiger charge is -2.07. The zero-order chi connectivity index (χ0) is 14.7. The van der Waals surface area contributed by atoms with E-state index in [2.05, 4.69) is 0 Å². The summed E-state index contributed by atoms with van der Waals surface area (Å²) in [6.45, 7) is 5.55. The van der Waals surface area contributed by atoms with Crippen LogP contribution in [0, 0.1) is 13.8 Å². The van der Waals surface area contributed by atoms with E-state index in [1.54, 1.807) is 19.1 Å². The van der Waals surface area contributed by atoms with Gasteiger partial charge in [-0.15, -0.1) is 0 Å². The lowest BCUT2D eigenvalue weighted by molar-refractivity contribution is 0.103. The van der Waals surface area contributed by atoms with E-state index in [1.807, 2.05) is 50.2 Å². The van der Waals surface area contributed by atoms with Crippen LogP contribution in [0.3, 0.4) is 0 Å². The van der Waals surface area contributed by atoms with Gasteiger partial charge in [0.15, 0.2) is 5.78 Å².